The van der Waals surface area contributed by atoms with Crippen molar-refractivity contribution in [1.29, 1.82) is 0 Å². The van der Waals surface area contributed by atoms with Gasteiger partial charge in [-0.3, -0.25) is 0 Å². The summed E-state index contributed by atoms with van der Waals surface area (Å²) in [4.78, 5) is 5.32. The second-order valence-electron chi connectivity index (χ2n) is 2.28. The van der Waals surface area contributed by atoms with Gasteiger partial charge in [-0.25, -0.2) is 18.5 Å². The third-order valence-electron chi connectivity index (χ3n) is 1.25. The molecule has 1 rings (SSSR count). The standard InChI is InChI=1S/C5H9N3O2S/c1-8-3-2-7-5(4-8)11(6,9)10/h2-3H,4H2,1H3,(H2,6,9,10). The molecular weight excluding hydrogens is 166 g/mol. The normalized spacial score (nSPS) is 18.4. The van der Waals surface area contributed by atoms with E-state index in [0.29, 0.717) is 0 Å². The van der Waals surface area contributed by atoms with Crippen LogP contribution >= 0.6 is 0 Å². The number of hydrogen-bond acceptors (Lipinski definition) is 4. The molecule has 1 aliphatic rings. The van der Waals surface area contributed by atoms with Crippen LogP contribution in [0.2, 0.25) is 0 Å². The maximum atomic E-state index is 10.7. The van der Waals surface area contributed by atoms with Crippen molar-refractivity contribution in [3.8, 4) is 0 Å². The van der Waals surface area contributed by atoms with Gasteiger partial charge in [-0.15, -0.1) is 0 Å². The zero-order chi connectivity index (χ0) is 8.48. The third kappa shape index (κ3) is 2.02. The summed E-state index contributed by atoms with van der Waals surface area (Å²) >= 11 is 0. The van der Waals surface area contributed by atoms with Gasteiger partial charge >= 0.3 is 0 Å². The smallest absolute Gasteiger partial charge is 0.253 e. The topological polar surface area (TPSA) is 75.8 Å². The van der Waals surface area contributed by atoms with Crippen molar-refractivity contribution < 1.29 is 8.42 Å². The van der Waals surface area contributed by atoms with E-state index in [2.05, 4.69) is 4.99 Å². The van der Waals surface area contributed by atoms with Crippen molar-refractivity contribution in [2.24, 2.45) is 10.1 Å². The molecule has 0 radical (unpaired) electrons. The van der Waals surface area contributed by atoms with Gasteiger partial charge in [0.15, 0.2) is 5.04 Å². The first-order valence-electron chi connectivity index (χ1n) is 2.96. The van der Waals surface area contributed by atoms with E-state index in [1.807, 2.05) is 0 Å². The number of primary sulfonamides is 1. The molecule has 0 aromatic rings. The molecule has 0 aromatic heterocycles. The highest BCUT2D eigenvalue weighted by Gasteiger charge is 2.16. The molecule has 0 aliphatic carbocycles. The summed E-state index contributed by atoms with van der Waals surface area (Å²) in [6.07, 6.45) is 3.08. The average Bonchev–Trinajstić information content (AvgIpc) is 1.86. The fraction of sp³-hybridized carbons (Fsp3) is 0.400. The Morgan fingerprint density at radius 3 is 2.73 bits per heavy atom. The SMILES string of the molecule is CN1C=CN=C(S(N)(=O)=O)C1. The van der Waals surface area contributed by atoms with E-state index >= 15 is 0 Å². The molecular formula is C5H9N3O2S. The van der Waals surface area contributed by atoms with Crippen molar-refractivity contribution in [3.05, 3.63) is 12.4 Å². The van der Waals surface area contributed by atoms with E-state index in [4.69, 9.17) is 5.14 Å². The predicted octanol–water partition coefficient (Wildman–Crippen LogP) is -0.910. The van der Waals surface area contributed by atoms with Crippen molar-refractivity contribution >= 4 is 15.1 Å². The van der Waals surface area contributed by atoms with Crippen LogP contribution in [0.25, 0.3) is 0 Å². The van der Waals surface area contributed by atoms with Gasteiger partial charge in [0.25, 0.3) is 10.0 Å². The number of sulfonamides is 1. The maximum Gasteiger partial charge on any atom is 0.253 e. The summed E-state index contributed by atoms with van der Waals surface area (Å²) in [5.74, 6) is 0. The summed E-state index contributed by atoms with van der Waals surface area (Å²) in [6.45, 7) is 0.245. The Balaban J connectivity index is 2.92. The second kappa shape index (κ2) is 2.63. The Morgan fingerprint density at radius 2 is 2.36 bits per heavy atom. The highest BCUT2D eigenvalue weighted by atomic mass is 32.2. The van der Waals surface area contributed by atoms with Crippen molar-refractivity contribution in [3.63, 3.8) is 0 Å². The fourth-order valence-electron chi connectivity index (χ4n) is 0.701. The highest BCUT2D eigenvalue weighted by molar-refractivity contribution is 8.04. The minimum absolute atomic E-state index is 0.00231. The number of hydrogen-bond donors (Lipinski definition) is 1. The lowest BCUT2D eigenvalue weighted by atomic mass is 10.5. The minimum Gasteiger partial charge on any atom is -0.372 e. The van der Waals surface area contributed by atoms with E-state index in [0.717, 1.165) is 0 Å². The number of nitrogens with two attached hydrogens (primary N) is 1. The van der Waals surface area contributed by atoms with Crippen LogP contribution in [0.3, 0.4) is 0 Å². The molecule has 0 spiro atoms. The summed E-state index contributed by atoms with van der Waals surface area (Å²) < 4.78 is 21.4. The Morgan fingerprint density at radius 1 is 1.73 bits per heavy atom. The van der Waals surface area contributed by atoms with E-state index in [9.17, 15) is 8.42 Å². The molecule has 5 nitrogen and oxygen atoms in total. The van der Waals surface area contributed by atoms with Crippen LogP contribution in [0.4, 0.5) is 0 Å². The van der Waals surface area contributed by atoms with Gasteiger partial charge in [0, 0.05) is 19.4 Å². The zero-order valence-electron chi connectivity index (χ0n) is 6.06. The molecule has 0 saturated carbocycles. The van der Waals surface area contributed by atoms with E-state index in [-0.39, 0.29) is 11.6 Å². The van der Waals surface area contributed by atoms with Gasteiger partial charge in [0.05, 0.1) is 6.54 Å². The van der Waals surface area contributed by atoms with Crippen molar-refractivity contribution in [2.45, 2.75) is 0 Å². The van der Waals surface area contributed by atoms with Crippen LogP contribution in [0.1, 0.15) is 0 Å². The molecule has 0 bridgehead atoms. The zero-order valence-corrected chi connectivity index (χ0v) is 6.87. The molecule has 1 heterocycles. The third-order valence-corrected chi connectivity index (χ3v) is 2.14. The molecule has 6 heteroatoms. The first kappa shape index (κ1) is 8.22. The molecule has 2 N–H and O–H groups in total. The Kier molecular flexibility index (Phi) is 1.97. The lowest BCUT2D eigenvalue weighted by molar-refractivity contribution is 0.517. The molecule has 0 fully saturated rings. The Hall–Kier alpha value is -0.880. The number of nitrogens with zero attached hydrogens (tertiary/aromatic N) is 2. The van der Waals surface area contributed by atoms with Gasteiger partial charge < -0.3 is 4.90 Å². The first-order chi connectivity index (χ1) is 5.00. The Labute approximate surface area is 65.3 Å². The lowest BCUT2D eigenvalue weighted by Gasteiger charge is -2.16. The maximum absolute atomic E-state index is 10.7. The molecule has 0 aromatic carbocycles. The van der Waals surface area contributed by atoms with Gasteiger partial charge in [0.2, 0.25) is 0 Å². The van der Waals surface area contributed by atoms with Crippen LogP contribution in [0.5, 0.6) is 0 Å². The van der Waals surface area contributed by atoms with Crippen LogP contribution in [-0.2, 0) is 10.0 Å². The number of rotatable bonds is 0. The molecule has 0 amide bonds. The summed E-state index contributed by atoms with van der Waals surface area (Å²) in [7, 11) is -1.86. The van der Waals surface area contributed by atoms with Crippen molar-refractivity contribution in [2.75, 3.05) is 13.6 Å². The average molecular weight is 175 g/mol. The van der Waals surface area contributed by atoms with Gasteiger partial charge in [0.1, 0.15) is 0 Å². The van der Waals surface area contributed by atoms with Crippen LogP contribution in [0, 0.1) is 0 Å². The molecule has 0 saturated heterocycles. The van der Waals surface area contributed by atoms with Gasteiger partial charge in [-0.2, -0.15) is 0 Å². The van der Waals surface area contributed by atoms with Crippen LogP contribution in [0.15, 0.2) is 17.4 Å². The van der Waals surface area contributed by atoms with Gasteiger partial charge in [-0.1, -0.05) is 0 Å². The van der Waals surface area contributed by atoms with Gasteiger partial charge in [-0.05, 0) is 0 Å². The monoisotopic (exact) mass is 175 g/mol. The predicted molar refractivity (Wildman–Crippen MR) is 42.3 cm³/mol. The first-order valence-corrected chi connectivity index (χ1v) is 4.51. The van der Waals surface area contributed by atoms with E-state index < -0.39 is 10.0 Å². The molecule has 1 aliphatic heterocycles. The van der Waals surface area contributed by atoms with Crippen LogP contribution in [-0.4, -0.2) is 32.0 Å². The second-order valence-corrected chi connectivity index (χ2v) is 3.84. The van der Waals surface area contributed by atoms with Crippen molar-refractivity contribution in [1.82, 2.24) is 4.90 Å². The summed E-state index contributed by atoms with van der Waals surface area (Å²) in [5.41, 5.74) is 0. The number of aliphatic imine (C=N–C) groups is 1. The molecule has 0 unspecified atom stereocenters. The summed E-state index contributed by atoms with van der Waals surface area (Å²) in [5, 5.41) is 4.86. The Bertz CT molecular complexity index is 304. The van der Waals surface area contributed by atoms with Crippen LogP contribution < -0.4 is 5.14 Å². The highest BCUT2D eigenvalue weighted by Crippen LogP contribution is 1.99. The van der Waals surface area contributed by atoms with E-state index in [1.54, 1.807) is 18.1 Å². The minimum atomic E-state index is -3.60. The molecule has 62 valence electrons. The molecule has 11 heavy (non-hydrogen) atoms. The lowest BCUT2D eigenvalue weighted by Crippen LogP contribution is -2.33. The fourth-order valence-corrected chi connectivity index (χ4v) is 1.29. The largest absolute Gasteiger partial charge is 0.372 e. The molecule has 0 atom stereocenters. The quantitative estimate of drug-likeness (QED) is 0.518. The van der Waals surface area contributed by atoms with E-state index in [1.165, 1.54) is 6.20 Å². The summed E-state index contributed by atoms with van der Waals surface area (Å²) in [6, 6.07) is 0.